The molecule has 0 spiro atoms. The van der Waals surface area contributed by atoms with Crippen LogP contribution in [0.25, 0.3) is 0 Å². The van der Waals surface area contributed by atoms with Crippen molar-refractivity contribution in [2.24, 2.45) is 0 Å². The van der Waals surface area contributed by atoms with Crippen LogP contribution in [0.15, 0.2) is 72.4 Å². The number of hydrogen-bond donors (Lipinski definition) is 1. The molecule has 1 unspecified atom stereocenters. The molecule has 1 fully saturated rings. The third-order valence-electron chi connectivity index (χ3n) is 5.61. The van der Waals surface area contributed by atoms with E-state index >= 15 is 0 Å². The summed E-state index contributed by atoms with van der Waals surface area (Å²) in [6.07, 6.45) is 2.55. The van der Waals surface area contributed by atoms with E-state index in [0.717, 1.165) is 32.6 Å². The number of amides is 1. The number of hydrogen-bond acceptors (Lipinski definition) is 4. The fourth-order valence-electron chi connectivity index (χ4n) is 3.73. The molecule has 1 atom stereocenters. The highest BCUT2D eigenvalue weighted by Gasteiger charge is 2.26. The van der Waals surface area contributed by atoms with Crippen LogP contribution >= 0.6 is 0 Å². The lowest BCUT2D eigenvalue weighted by atomic mass is 9.96. The van der Waals surface area contributed by atoms with Crippen LogP contribution in [-0.2, 0) is 4.79 Å². The molecule has 1 aliphatic rings. The van der Waals surface area contributed by atoms with Crippen molar-refractivity contribution >= 4 is 5.91 Å². The molecule has 1 N–H and O–H groups in total. The van der Waals surface area contributed by atoms with Crippen molar-refractivity contribution in [3.8, 4) is 6.07 Å². The molecule has 0 radical (unpaired) electrons. The maximum Gasteiger partial charge on any atom is 0.263 e. The average Bonchev–Trinajstić information content (AvgIpc) is 2.80. The monoisotopic (exact) mass is 402 g/mol. The summed E-state index contributed by atoms with van der Waals surface area (Å²) in [6.45, 7) is 7.22. The summed E-state index contributed by atoms with van der Waals surface area (Å²) in [5.41, 5.74) is 2.73. The van der Waals surface area contributed by atoms with E-state index in [2.05, 4.69) is 69.7 Å². The summed E-state index contributed by atoms with van der Waals surface area (Å²) in [5, 5.41) is 12.3. The Morgan fingerprint density at radius 1 is 1.03 bits per heavy atom. The first-order valence-corrected chi connectivity index (χ1v) is 10.6. The first-order valence-electron chi connectivity index (χ1n) is 10.6. The largest absolute Gasteiger partial charge is 0.374 e. The van der Waals surface area contributed by atoms with Crippen molar-refractivity contribution in [3.63, 3.8) is 0 Å². The smallest absolute Gasteiger partial charge is 0.263 e. The molecule has 1 heterocycles. The lowest BCUT2D eigenvalue weighted by molar-refractivity contribution is -0.117. The van der Waals surface area contributed by atoms with Gasteiger partial charge in [0.1, 0.15) is 11.6 Å². The summed E-state index contributed by atoms with van der Waals surface area (Å²) >= 11 is 0. The predicted octanol–water partition coefficient (Wildman–Crippen LogP) is 3.72. The molecule has 5 nitrogen and oxygen atoms in total. The molecule has 2 aromatic carbocycles. The minimum atomic E-state index is -0.291. The molecule has 0 aromatic heterocycles. The van der Waals surface area contributed by atoms with E-state index in [1.54, 1.807) is 6.20 Å². The quantitative estimate of drug-likeness (QED) is 0.566. The topological polar surface area (TPSA) is 59.4 Å². The Bertz CT molecular complexity index is 841. The molecule has 3 rings (SSSR count). The van der Waals surface area contributed by atoms with Crippen molar-refractivity contribution in [1.82, 2.24) is 15.1 Å². The predicted molar refractivity (Wildman–Crippen MR) is 119 cm³/mol. The molecule has 1 amide bonds. The Morgan fingerprint density at radius 2 is 1.57 bits per heavy atom. The van der Waals surface area contributed by atoms with Gasteiger partial charge in [-0.3, -0.25) is 9.69 Å². The molecule has 5 heteroatoms. The Hall–Kier alpha value is -3.10. The van der Waals surface area contributed by atoms with Crippen LogP contribution in [0.2, 0.25) is 0 Å². The minimum absolute atomic E-state index is 0.0589. The molecule has 1 saturated heterocycles. The highest BCUT2D eigenvalue weighted by atomic mass is 16.1. The average molecular weight is 403 g/mol. The molecule has 2 aromatic rings. The van der Waals surface area contributed by atoms with Gasteiger partial charge in [-0.2, -0.15) is 5.26 Å². The number of carbonyl (C=O) groups excluding carboxylic acids is 1. The molecule has 0 bridgehead atoms. The Balaban J connectivity index is 1.71. The molecular weight excluding hydrogens is 372 g/mol. The van der Waals surface area contributed by atoms with Gasteiger partial charge in [-0.1, -0.05) is 67.6 Å². The summed E-state index contributed by atoms with van der Waals surface area (Å²) in [4.78, 5) is 16.9. The van der Waals surface area contributed by atoms with Gasteiger partial charge in [0.2, 0.25) is 0 Å². The summed E-state index contributed by atoms with van der Waals surface area (Å²) in [7, 11) is 0. The molecule has 0 saturated carbocycles. The minimum Gasteiger partial charge on any atom is -0.374 e. The molecule has 30 heavy (non-hydrogen) atoms. The fraction of sp³-hybridized carbons (Fsp3) is 0.360. The van der Waals surface area contributed by atoms with E-state index < -0.39 is 0 Å². The third-order valence-corrected chi connectivity index (χ3v) is 5.61. The second-order valence-corrected chi connectivity index (χ2v) is 7.73. The van der Waals surface area contributed by atoms with E-state index in [0.29, 0.717) is 0 Å². The molecule has 156 valence electrons. The van der Waals surface area contributed by atoms with Crippen LogP contribution in [0.4, 0.5) is 0 Å². The number of piperazine rings is 1. The van der Waals surface area contributed by atoms with Crippen molar-refractivity contribution in [3.05, 3.63) is 83.6 Å². The lowest BCUT2D eigenvalue weighted by Crippen LogP contribution is -2.46. The van der Waals surface area contributed by atoms with E-state index in [4.69, 9.17) is 0 Å². The number of rotatable bonds is 7. The standard InChI is InChI=1S/C25H30N4O/c1-3-20(2)27-25(30)23(18-26)19-28-14-16-29(17-15-28)24(21-10-6-4-7-11-21)22-12-8-5-9-13-22/h4-13,19-20,24H,3,14-17H2,1-2H3,(H,27,30)/b23-19-. The Labute approximate surface area is 179 Å². The number of nitriles is 1. The second kappa shape index (κ2) is 10.6. The van der Waals surface area contributed by atoms with E-state index in [-0.39, 0.29) is 23.6 Å². The van der Waals surface area contributed by atoms with E-state index in [9.17, 15) is 10.1 Å². The first kappa shape index (κ1) is 21.6. The maximum atomic E-state index is 12.3. The van der Waals surface area contributed by atoms with Crippen molar-refractivity contribution < 1.29 is 4.79 Å². The zero-order valence-electron chi connectivity index (χ0n) is 17.8. The molecular formula is C25H30N4O. The van der Waals surface area contributed by atoms with Gasteiger partial charge in [-0.25, -0.2) is 0 Å². The van der Waals surface area contributed by atoms with Gasteiger partial charge in [0, 0.05) is 38.4 Å². The third kappa shape index (κ3) is 5.49. The molecule has 0 aliphatic carbocycles. The number of nitrogens with zero attached hydrogens (tertiary/aromatic N) is 3. The van der Waals surface area contributed by atoms with Gasteiger partial charge in [-0.15, -0.1) is 0 Å². The lowest BCUT2D eigenvalue weighted by Gasteiger charge is -2.39. The summed E-state index contributed by atoms with van der Waals surface area (Å²) in [6, 6.07) is 23.4. The summed E-state index contributed by atoms with van der Waals surface area (Å²) < 4.78 is 0. The zero-order valence-corrected chi connectivity index (χ0v) is 17.8. The van der Waals surface area contributed by atoms with Gasteiger partial charge in [0.15, 0.2) is 0 Å². The van der Waals surface area contributed by atoms with Crippen LogP contribution in [0, 0.1) is 11.3 Å². The van der Waals surface area contributed by atoms with E-state index in [1.165, 1.54) is 11.1 Å². The second-order valence-electron chi connectivity index (χ2n) is 7.73. The highest BCUT2D eigenvalue weighted by Crippen LogP contribution is 2.29. The van der Waals surface area contributed by atoms with Gasteiger partial charge < -0.3 is 10.2 Å². The van der Waals surface area contributed by atoms with Crippen LogP contribution in [-0.4, -0.2) is 47.9 Å². The van der Waals surface area contributed by atoms with Gasteiger partial charge >= 0.3 is 0 Å². The number of nitrogens with one attached hydrogen (secondary N) is 1. The van der Waals surface area contributed by atoms with Crippen LogP contribution in [0.3, 0.4) is 0 Å². The van der Waals surface area contributed by atoms with Crippen molar-refractivity contribution in [2.75, 3.05) is 26.2 Å². The molecule has 1 aliphatic heterocycles. The van der Waals surface area contributed by atoms with Crippen molar-refractivity contribution in [1.29, 1.82) is 5.26 Å². The Kier molecular flexibility index (Phi) is 7.64. The van der Waals surface area contributed by atoms with Crippen LogP contribution in [0.5, 0.6) is 0 Å². The first-order chi connectivity index (χ1) is 14.6. The zero-order chi connectivity index (χ0) is 21.3. The van der Waals surface area contributed by atoms with Gasteiger partial charge in [0.05, 0.1) is 6.04 Å². The number of benzene rings is 2. The SMILES string of the molecule is CCC(C)NC(=O)/C(C#N)=C\N1CCN(C(c2ccccc2)c2ccccc2)CC1. The van der Waals surface area contributed by atoms with Crippen molar-refractivity contribution in [2.45, 2.75) is 32.4 Å². The van der Waals surface area contributed by atoms with Crippen LogP contribution < -0.4 is 5.32 Å². The van der Waals surface area contributed by atoms with Gasteiger partial charge in [-0.05, 0) is 24.5 Å². The maximum absolute atomic E-state index is 12.3. The highest BCUT2D eigenvalue weighted by molar-refractivity contribution is 5.97. The normalized spacial score (nSPS) is 16.2. The Morgan fingerprint density at radius 3 is 2.03 bits per heavy atom. The fourth-order valence-corrected chi connectivity index (χ4v) is 3.73. The summed E-state index contributed by atoms with van der Waals surface area (Å²) in [5.74, 6) is -0.291. The van der Waals surface area contributed by atoms with Gasteiger partial charge in [0.25, 0.3) is 5.91 Å². The van der Waals surface area contributed by atoms with E-state index in [1.807, 2.05) is 26.0 Å². The number of carbonyl (C=O) groups is 1. The van der Waals surface area contributed by atoms with Crippen LogP contribution in [0.1, 0.15) is 37.4 Å².